The Labute approximate surface area is 181 Å². The van der Waals surface area contributed by atoms with Gasteiger partial charge in [-0.25, -0.2) is 0 Å². The lowest BCUT2D eigenvalue weighted by Crippen LogP contribution is -2.45. The standard InChI is InChI=1S/C22H29N5O4/c1-15(28)26-22(13-7-3-4-8-14-22)21-25-19(31-27-21)12-11-18(29)24-17-10-6-5-9-16(17)20(30)23-2/h5-6,9-10H,3-4,7-8,11-14H2,1-2H3,(H,23,30)(H,24,29)(H,26,28). The van der Waals surface area contributed by atoms with Crippen molar-refractivity contribution >= 4 is 23.4 Å². The van der Waals surface area contributed by atoms with E-state index in [1.54, 1.807) is 24.3 Å². The summed E-state index contributed by atoms with van der Waals surface area (Å²) in [7, 11) is 1.54. The SMILES string of the molecule is CNC(=O)c1ccccc1NC(=O)CCc1nc(C2(NC(C)=O)CCCCCC2)no1. The normalized spacial score (nSPS) is 15.5. The first kappa shape index (κ1) is 22.5. The lowest BCUT2D eigenvalue weighted by atomic mass is 9.89. The number of carbonyl (C=O) groups excluding carboxylic acids is 3. The number of nitrogens with zero attached hydrogens (tertiary/aromatic N) is 2. The number of para-hydroxylation sites is 1. The molecular weight excluding hydrogens is 398 g/mol. The molecule has 0 radical (unpaired) electrons. The van der Waals surface area contributed by atoms with E-state index in [9.17, 15) is 14.4 Å². The van der Waals surface area contributed by atoms with Gasteiger partial charge in [0.05, 0.1) is 11.3 Å². The van der Waals surface area contributed by atoms with Crippen LogP contribution in [0.5, 0.6) is 0 Å². The molecule has 3 amide bonds. The number of hydrogen-bond acceptors (Lipinski definition) is 6. The lowest BCUT2D eigenvalue weighted by Gasteiger charge is -2.30. The smallest absolute Gasteiger partial charge is 0.253 e. The highest BCUT2D eigenvalue weighted by molar-refractivity contribution is 6.03. The van der Waals surface area contributed by atoms with Gasteiger partial charge in [0.25, 0.3) is 5.91 Å². The first-order valence-electron chi connectivity index (χ1n) is 10.7. The van der Waals surface area contributed by atoms with E-state index >= 15 is 0 Å². The molecule has 0 unspecified atom stereocenters. The number of aryl methyl sites for hydroxylation is 1. The van der Waals surface area contributed by atoms with Crippen molar-refractivity contribution in [1.82, 2.24) is 20.8 Å². The van der Waals surface area contributed by atoms with Gasteiger partial charge in [-0.05, 0) is 25.0 Å². The van der Waals surface area contributed by atoms with Gasteiger partial charge < -0.3 is 20.5 Å². The molecule has 3 rings (SSSR count). The van der Waals surface area contributed by atoms with Gasteiger partial charge in [-0.15, -0.1) is 0 Å². The Hall–Kier alpha value is -3.23. The summed E-state index contributed by atoms with van der Waals surface area (Å²) < 4.78 is 5.39. The summed E-state index contributed by atoms with van der Waals surface area (Å²) in [6.07, 6.45) is 6.11. The fourth-order valence-electron chi connectivity index (χ4n) is 3.98. The Balaban J connectivity index is 1.65. The van der Waals surface area contributed by atoms with Crippen LogP contribution in [-0.4, -0.2) is 34.9 Å². The summed E-state index contributed by atoms with van der Waals surface area (Å²) in [4.78, 5) is 40.7. The number of hydrogen-bond donors (Lipinski definition) is 3. The first-order valence-corrected chi connectivity index (χ1v) is 10.7. The van der Waals surface area contributed by atoms with Crippen LogP contribution in [0.2, 0.25) is 0 Å². The molecule has 0 saturated heterocycles. The zero-order valence-corrected chi connectivity index (χ0v) is 18.0. The highest BCUT2D eigenvalue weighted by Gasteiger charge is 2.38. The molecule has 1 saturated carbocycles. The van der Waals surface area contributed by atoms with Gasteiger partial charge in [0, 0.05) is 26.8 Å². The molecular formula is C22H29N5O4. The van der Waals surface area contributed by atoms with Crippen LogP contribution in [-0.2, 0) is 21.5 Å². The second kappa shape index (κ2) is 10.2. The molecule has 0 aliphatic heterocycles. The predicted octanol–water partition coefficient (Wildman–Crippen LogP) is 2.69. The minimum Gasteiger partial charge on any atom is -0.355 e. The molecule has 0 atom stereocenters. The maximum absolute atomic E-state index is 12.4. The van der Waals surface area contributed by atoms with Crippen LogP contribution in [0.1, 0.15) is 73.9 Å². The first-order chi connectivity index (χ1) is 14.9. The van der Waals surface area contributed by atoms with Crippen molar-refractivity contribution in [3.8, 4) is 0 Å². The fourth-order valence-corrected chi connectivity index (χ4v) is 3.98. The van der Waals surface area contributed by atoms with Gasteiger partial charge >= 0.3 is 0 Å². The Kier molecular flexibility index (Phi) is 7.38. The third-order valence-corrected chi connectivity index (χ3v) is 5.51. The number of carbonyl (C=O) groups is 3. The highest BCUT2D eigenvalue weighted by Crippen LogP contribution is 2.34. The van der Waals surface area contributed by atoms with Gasteiger partial charge in [-0.2, -0.15) is 4.98 Å². The van der Waals surface area contributed by atoms with Crippen LogP contribution < -0.4 is 16.0 Å². The highest BCUT2D eigenvalue weighted by atomic mass is 16.5. The summed E-state index contributed by atoms with van der Waals surface area (Å²) >= 11 is 0. The summed E-state index contributed by atoms with van der Waals surface area (Å²) in [5.41, 5.74) is 0.226. The topological polar surface area (TPSA) is 126 Å². The average molecular weight is 428 g/mol. The van der Waals surface area contributed by atoms with Crippen molar-refractivity contribution in [1.29, 1.82) is 0 Å². The average Bonchev–Trinajstić information content (AvgIpc) is 3.12. The van der Waals surface area contributed by atoms with E-state index in [1.165, 1.54) is 14.0 Å². The Morgan fingerprint density at radius 1 is 1.10 bits per heavy atom. The number of nitrogens with one attached hydrogen (secondary N) is 3. The fraction of sp³-hybridized carbons (Fsp3) is 0.500. The molecule has 2 aromatic rings. The van der Waals surface area contributed by atoms with E-state index in [0.29, 0.717) is 23.0 Å². The van der Waals surface area contributed by atoms with Gasteiger partial charge in [0.2, 0.25) is 17.7 Å². The maximum atomic E-state index is 12.4. The molecule has 0 spiro atoms. The number of benzene rings is 1. The number of aromatic nitrogens is 2. The van der Waals surface area contributed by atoms with E-state index in [-0.39, 0.29) is 30.6 Å². The summed E-state index contributed by atoms with van der Waals surface area (Å²) in [5.74, 6) is 0.164. The molecule has 3 N–H and O–H groups in total. The van der Waals surface area contributed by atoms with Crippen LogP contribution in [0, 0.1) is 0 Å². The van der Waals surface area contributed by atoms with Crippen molar-refractivity contribution in [2.45, 2.75) is 63.8 Å². The van der Waals surface area contributed by atoms with Gasteiger partial charge in [-0.3, -0.25) is 14.4 Å². The zero-order chi connectivity index (χ0) is 22.3. The molecule has 1 aliphatic carbocycles. The second-order valence-corrected chi connectivity index (χ2v) is 7.86. The zero-order valence-electron chi connectivity index (χ0n) is 18.0. The van der Waals surface area contributed by atoms with E-state index < -0.39 is 5.54 Å². The monoisotopic (exact) mass is 427 g/mol. The van der Waals surface area contributed by atoms with E-state index in [0.717, 1.165) is 38.5 Å². The van der Waals surface area contributed by atoms with Gasteiger partial charge in [0.1, 0.15) is 5.54 Å². The Bertz CT molecular complexity index is 931. The van der Waals surface area contributed by atoms with Crippen LogP contribution in [0.4, 0.5) is 5.69 Å². The summed E-state index contributed by atoms with van der Waals surface area (Å²) in [6, 6.07) is 6.81. The van der Waals surface area contributed by atoms with Crippen LogP contribution in [0.15, 0.2) is 28.8 Å². The van der Waals surface area contributed by atoms with Crippen LogP contribution in [0.25, 0.3) is 0 Å². The number of anilines is 1. The maximum Gasteiger partial charge on any atom is 0.253 e. The third kappa shape index (κ3) is 5.68. The van der Waals surface area contributed by atoms with Crippen molar-refractivity contribution < 1.29 is 18.9 Å². The number of amides is 3. The molecule has 1 aromatic heterocycles. The second-order valence-electron chi connectivity index (χ2n) is 7.86. The largest absolute Gasteiger partial charge is 0.355 e. The van der Waals surface area contributed by atoms with E-state index in [4.69, 9.17) is 4.52 Å². The lowest BCUT2D eigenvalue weighted by molar-refractivity contribution is -0.121. The van der Waals surface area contributed by atoms with Crippen LogP contribution >= 0.6 is 0 Å². The van der Waals surface area contributed by atoms with Crippen molar-refractivity contribution in [2.24, 2.45) is 0 Å². The minimum atomic E-state index is -0.612. The third-order valence-electron chi connectivity index (χ3n) is 5.51. The summed E-state index contributed by atoms with van der Waals surface area (Å²) in [6.45, 7) is 1.49. The number of rotatable bonds is 7. The quantitative estimate of drug-likeness (QED) is 0.583. The van der Waals surface area contributed by atoms with Crippen molar-refractivity contribution in [3.63, 3.8) is 0 Å². The Morgan fingerprint density at radius 3 is 2.48 bits per heavy atom. The molecule has 31 heavy (non-hydrogen) atoms. The molecule has 1 fully saturated rings. The van der Waals surface area contributed by atoms with Gasteiger partial charge in [-0.1, -0.05) is 43.0 Å². The van der Waals surface area contributed by atoms with Crippen molar-refractivity contribution in [2.75, 3.05) is 12.4 Å². The molecule has 166 valence electrons. The Morgan fingerprint density at radius 2 is 1.81 bits per heavy atom. The predicted molar refractivity (Wildman–Crippen MR) is 114 cm³/mol. The minimum absolute atomic E-state index is 0.122. The molecule has 0 bridgehead atoms. The van der Waals surface area contributed by atoms with E-state index in [2.05, 4.69) is 26.1 Å². The molecule has 9 heteroatoms. The van der Waals surface area contributed by atoms with Crippen molar-refractivity contribution in [3.05, 3.63) is 41.5 Å². The molecule has 9 nitrogen and oxygen atoms in total. The molecule has 1 aromatic carbocycles. The molecule has 1 heterocycles. The van der Waals surface area contributed by atoms with Gasteiger partial charge in [0.15, 0.2) is 5.82 Å². The van der Waals surface area contributed by atoms with E-state index in [1.807, 2.05) is 0 Å². The molecule has 1 aliphatic rings. The summed E-state index contributed by atoms with van der Waals surface area (Å²) in [5, 5.41) is 12.5. The van der Waals surface area contributed by atoms with Crippen LogP contribution in [0.3, 0.4) is 0 Å².